The molecule has 1 aromatic carbocycles. The number of hydrogen-bond donors (Lipinski definition) is 2. The lowest BCUT2D eigenvalue weighted by Crippen LogP contribution is -2.34. The van der Waals surface area contributed by atoms with Crippen molar-refractivity contribution < 1.29 is 14.3 Å². The minimum absolute atomic E-state index is 0.160. The van der Waals surface area contributed by atoms with Crippen molar-refractivity contribution in [2.75, 3.05) is 25.1 Å². The van der Waals surface area contributed by atoms with Gasteiger partial charge in [-0.15, -0.1) is 10.2 Å². The molecule has 1 heterocycles. The third-order valence-electron chi connectivity index (χ3n) is 3.04. The number of ether oxygens (including phenoxy) is 2. The summed E-state index contributed by atoms with van der Waals surface area (Å²) in [4.78, 5) is 12.4. The lowest BCUT2D eigenvalue weighted by molar-refractivity contribution is 0.0958. The van der Waals surface area contributed by atoms with Gasteiger partial charge in [-0.2, -0.15) is 0 Å². The molecule has 0 aliphatic rings. The number of nitrogens with one attached hydrogen (secondary N) is 2. The average molecular weight is 380 g/mol. The molecule has 0 bridgehead atoms. The van der Waals surface area contributed by atoms with Gasteiger partial charge in [-0.25, -0.2) is 0 Å². The molecule has 0 unspecified atom stereocenters. The predicted octanol–water partition coefficient (Wildman–Crippen LogP) is 2.64. The van der Waals surface area contributed by atoms with E-state index in [9.17, 15) is 4.79 Å². The maximum atomic E-state index is 12.4. The zero-order valence-corrected chi connectivity index (χ0v) is 15.7. The third-order valence-corrected chi connectivity index (χ3v) is 4.23. The van der Waals surface area contributed by atoms with Crippen LogP contribution in [0.3, 0.4) is 0 Å². The van der Waals surface area contributed by atoms with Gasteiger partial charge in [0.25, 0.3) is 5.91 Å². The highest BCUT2D eigenvalue weighted by atomic mass is 32.1. The molecule has 2 aromatic rings. The van der Waals surface area contributed by atoms with Gasteiger partial charge >= 0.3 is 0 Å². The molecule has 0 fully saturated rings. The Morgan fingerprint density at radius 1 is 1.24 bits per heavy atom. The van der Waals surface area contributed by atoms with E-state index in [-0.39, 0.29) is 11.0 Å². The number of hydrogen-bond acceptors (Lipinski definition) is 7. The lowest BCUT2D eigenvalue weighted by Gasteiger charge is -2.12. The van der Waals surface area contributed by atoms with Crippen LogP contribution in [-0.2, 0) is 11.2 Å². The summed E-state index contributed by atoms with van der Waals surface area (Å²) in [6.45, 7) is 5.36. The summed E-state index contributed by atoms with van der Waals surface area (Å²) < 4.78 is 10.8. The van der Waals surface area contributed by atoms with Gasteiger partial charge in [0.05, 0.1) is 12.2 Å². The van der Waals surface area contributed by atoms with Crippen LogP contribution in [0, 0.1) is 0 Å². The van der Waals surface area contributed by atoms with Crippen LogP contribution in [0.5, 0.6) is 5.75 Å². The van der Waals surface area contributed by atoms with Gasteiger partial charge in [0.2, 0.25) is 5.13 Å². The highest BCUT2D eigenvalue weighted by Gasteiger charge is 2.14. The predicted molar refractivity (Wildman–Crippen MR) is 101 cm³/mol. The van der Waals surface area contributed by atoms with Gasteiger partial charge < -0.3 is 14.8 Å². The van der Waals surface area contributed by atoms with Crippen molar-refractivity contribution in [3.8, 4) is 5.75 Å². The Morgan fingerprint density at radius 3 is 2.76 bits per heavy atom. The molecule has 1 amide bonds. The zero-order valence-electron chi connectivity index (χ0n) is 14.1. The van der Waals surface area contributed by atoms with E-state index in [2.05, 4.69) is 20.8 Å². The van der Waals surface area contributed by atoms with Crippen LogP contribution in [0.4, 0.5) is 5.13 Å². The topological polar surface area (TPSA) is 85.4 Å². The van der Waals surface area contributed by atoms with E-state index < -0.39 is 0 Å². The number of thiocarbonyl (C=S) groups is 1. The monoisotopic (exact) mass is 380 g/mol. The van der Waals surface area contributed by atoms with Crippen LogP contribution in [-0.4, -0.2) is 41.0 Å². The molecular weight excluding hydrogens is 360 g/mol. The second kappa shape index (κ2) is 10.0. The fourth-order valence-electron chi connectivity index (χ4n) is 1.88. The Kier molecular flexibility index (Phi) is 7.71. The standard InChI is InChI=1S/C16H20N4O3S2/c1-3-13-19-20-16(25-13)18-15(24)17-14(21)11-7-5-6-8-12(11)23-10-9-22-4-2/h5-8H,3-4,9-10H2,1-2H3,(H2,17,18,20,21,24). The van der Waals surface area contributed by atoms with Crippen LogP contribution >= 0.6 is 23.6 Å². The summed E-state index contributed by atoms with van der Waals surface area (Å²) in [5.74, 6) is 0.122. The minimum atomic E-state index is -0.357. The first-order valence-corrected chi connectivity index (χ1v) is 9.10. The van der Waals surface area contributed by atoms with Crippen molar-refractivity contribution in [1.82, 2.24) is 15.5 Å². The van der Waals surface area contributed by atoms with Crippen LogP contribution in [0.1, 0.15) is 29.2 Å². The number of rotatable bonds is 8. The van der Waals surface area contributed by atoms with Crippen molar-refractivity contribution in [1.29, 1.82) is 0 Å². The molecule has 134 valence electrons. The Labute approximate surface area is 155 Å². The van der Waals surface area contributed by atoms with Crippen molar-refractivity contribution >= 4 is 39.7 Å². The molecular formula is C16H20N4O3S2. The minimum Gasteiger partial charge on any atom is -0.490 e. The summed E-state index contributed by atoms with van der Waals surface area (Å²) in [7, 11) is 0. The van der Waals surface area contributed by atoms with E-state index in [4.69, 9.17) is 21.7 Å². The van der Waals surface area contributed by atoms with Gasteiger partial charge in [-0.1, -0.05) is 30.4 Å². The smallest absolute Gasteiger partial charge is 0.261 e. The average Bonchev–Trinajstić information content (AvgIpc) is 3.06. The number of carbonyl (C=O) groups is 1. The molecule has 0 aliphatic heterocycles. The number of amides is 1. The van der Waals surface area contributed by atoms with Gasteiger partial charge in [0.15, 0.2) is 5.11 Å². The van der Waals surface area contributed by atoms with Crippen molar-refractivity contribution in [3.63, 3.8) is 0 Å². The van der Waals surface area contributed by atoms with Crippen LogP contribution in [0.15, 0.2) is 24.3 Å². The normalized spacial score (nSPS) is 10.3. The maximum absolute atomic E-state index is 12.4. The first-order valence-electron chi connectivity index (χ1n) is 7.88. The molecule has 0 spiro atoms. The van der Waals surface area contributed by atoms with Crippen LogP contribution < -0.4 is 15.4 Å². The maximum Gasteiger partial charge on any atom is 0.261 e. The highest BCUT2D eigenvalue weighted by molar-refractivity contribution is 7.80. The third kappa shape index (κ3) is 6.04. The molecule has 0 saturated heterocycles. The summed E-state index contributed by atoms with van der Waals surface area (Å²) in [5, 5.41) is 15.0. The molecule has 0 saturated carbocycles. The largest absolute Gasteiger partial charge is 0.490 e. The van der Waals surface area contributed by atoms with E-state index in [0.717, 1.165) is 11.4 Å². The molecule has 1 aromatic heterocycles. The van der Waals surface area contributed by atoms with Crippen molar-refractivity contribution in [2.24, 2.45) is 0 Å². The summed E-state index contributed by atoms with van der Waals surface area (Å²) >= 11 is 6.55. The molecule has 7 nitrogen and oxygen atoms in total. The second-order valence-corrected chi connectivity index (χ2v) is 6.27. The van der Waals surface area contributed by atoms with E-state index in [1.165, 1.54) is 11.3 Å². The van der Waals surface area contributed by atoms with E-state index in [1.54, 1.807) is 24.3 Å². The Balaban J connectivity index is 1.94. The fraction of sp³-hybridized carbons (Fsp3) is 0.375. The van der Waals surface area contributed by atoms with E-state index >= 15 is 0 Å². The number of nitrogens with zero attached hydrogens (tertiary/aromatic N) is 2. The van der Waals surface area contributed by atoms with Crippen LogP contribution in [0.25, 0.3) is 0 Å². The number of benzene rings is 1. The van der Waals surface area contributed by atoms with Crippen molar-refractivity contribution in [3.05, 3.63) is 34.8 Å². The molecule has 9 heteroatoms. The molecule has 0 aliphatic carbocycles. The number of aromatic nitrogens is 2. The lowest BCUT2D eigenvalue weighted by atomic mass is 10.2. The molecule has 25 heavy (non-hydrogen) atoms. The van der Waals surface area contributed by atoms with Gasteiger partial charge in [0, 0.05) is 6.61 Å². The first-order chi connectivity index (χ1) is 12.1. The molecule has 2 N–H and O–H groups in total. The second-order valence-electron chi connectivity index (χ2n) is 4.80. The summed E-state index contributed by atoms with van der Waals surface area (Å²) in [5.41, 5.74) is 0.398. The summed E-state index contributed by atoms with van der Waals surface area (Å²) in [6, 6.07) is 6.97. The van der Waals surface area contributed by atoms with E-state index in [0.29, 0.717) is 36.3 Å². The van der Waals surface area contributed by atoms with E-state index in [1.807, 2.05) is 13.8 Å². The fourth-order valence-corrected chi connectivity index (χ4v) is 2.82. The number of aryl methyl sites for hydroxylation is 1. The van der Waals surface area contributed by atoms with Gasteiger partial charge in [-0.05, 0) is 37.7 Å². The van der Waals surface area contributed by atoms with Crippen molar-refractivity contribution in [2.45, 2.75) is 20.3 Å². The zero-order chi connectivity index (χ0) is 18.1. The highest BCUT2D eigenvalue weighted by Crippen LogP contribution is 2.18. The number of para-hydroxylation sites is 1. The summed E-state index contributed by atoms with van der Waals surface area (Å²) in [6.07, 6.45) is 0.797. The Bertz CT molecular complexity index is 721. The molecule has 2 rings (SSSR count). The Hall–Kier alpha value is -2.10. The van der Waals surface area contributed by atoms with Crippen LogP contribution in [0.2, 0.25) is 0 Å². The quantitative estimate of drug-likeness (QED) is 0.538. The number of anilines is 1. The SMILES string of the molecule is CCOCCOc1ccccc1C(=O)NC(=S)Nc1nnc(CC)s1. The Morgan fingerprint density at radius 2 is 2.04 bits per heavy atom. The number of carbonyl (C=O) groups excluding carboxylic acids is 1. The molecule has 0 radical (unpaired) electrons. The first kappa shape index (κ1) is 19.2. The van der Waals surface area contributed by atoms with Gasteiger partial charge in [0.1, 0.15) is 17.4 Å². The molecule has 0 atom stereocenters. The van der Waals surface area contributed by atoms with Gasteiger partial charge in [-0.3, -0.25) is 10.1 Å².